The first-order valence-electron chi connectivity index (χ1n) is 4.78. The Morgan fingerprint density at radius 2 is 1.71 bits per heavy atom. The molecule has 0 amide bonds. The van der Waals surface area contributed by atoms with Crippen molar-refractivity contribution in [1.82, 2.24) is 0 Å². The van der Waals surface area contributed by atoms with E-state index in [2.05, 4.69) is 0 Å². The van der Waals surface area contributed by atoms with Crippen LogP contribution in [0, 0.1) is 0 Å². The van der Waals surface area contributed by atoms with Crippen molar-refractivity contribution in [1.29, 1.82) is 0 Å². The van der Waals surface area contributed by atoms with Crippen molar-refractivity contribution < 1.29 is 13.6 Å². The predicted molar refractivity (Wildman–Crippen MR) is 63.3 cm³/mol. The van der Waals surface area contributed by atoms with E-state index < -0.39 is 6.80 Å². The van der Waals surface area contributed by atoms with Crippen LogP contribution in [0.25, 0.3) is 0 Å². The van der Waals surface area contributed by atoms with E-state index in [0.29, 0.717) is 24.8 Å². The molecule has 0 unspecified atom stereocenters. The number of hydrogen-bond donors (Lipinski definition) is 0. The molecule has 0 saturated heterocycles. The Labute approximate surface area is 95.2 Å². The monoisotopic (exact) mass is 260 g/mol. The van der Waals surface area contributed by atoms with Crippen molar-refractivity contribution in [3.63, 3.8) is 0 Å². The highest BCUT2D eigenvalue weighted by molar-refractivity contribution is 8.55. The van der Waals surface area contributed by atoms with E-state index >= 15 is 0 Å². The molecule has 0 aliphatic heterocycles. The van der Waals surface area contributed by atoms with Crippen LogP contribution in [0.4, 0.5) is 0 Å². The average Bonchev–Trinajstić information content (AvgIpc) is 2.21. The van der Waals surface area contributed by atoms with Gasteiger partial charge in [0.25, 0.3) is 0 Å². The summed E-state index contributed by atoms with van der Waals surface area (Å²) in [6.07, 6.45) is 1.67. The SMILES string of the molecule is CCCOP(=O)(OCCC)SCCCl. The zero-order valence-corrected chi connectivity index (χ0v) is 11.2. The zero-order valence-electron chi connectivity index (χ0n) is 8.70. The molecule has 0 bridgehead atoms. The summed E-state index contributed by atoms with van der Waals surface area (Å²) in [6, 6.07) is 0. The third kappa shape index (κ3) is 7.13. The van der Waals surface area contributed by atoms with Crippen LogP contribution < -0.4 is 0 Å². The summed E-state index contributed by atoms with van der Waals surface area (Å²) < 4.78 is 22.4. The standard InChI is InChI=1S/C8H18ClO3PS/c1-3-6-11-13(10,12-7-4-2)14-8-5-9/h3-8H2,1-2H3. The maximum atomic E-state index is 11.9. The molecule has 0 atom stereocenters. The molecule has 0 N–H and O–H groups in total. The molecule has 0 aliphatic carbocycles. The molecular formula is C8H18ClO3PS. The highest BCUT2D eigenvalue weighted by Crippen LogP contribution is 2.60. The van der Waals surface area contributed by atoms with Gasteiger partial charge in [0.1, 0.15) is 0 Å². The van der Waals surface area contributed by atoms with Crippen molar-refractivity contribution in [2.45, 2.75) is 26.7 Å². The second-order valence-electron chi connectivity index (χ2n) is 2.64. The van der Waals surface area contributed by atoms with Crippen LogP contribution in [-0.2, 0) is 13.6 Å². The first-order chi connectivity index (χ1) is 6.68. The molecule has 0 spiro atoms. The van der Waals surface area contributed by atoms with Crippen molar-refractivity contribution >= 4 is 29.8 Å². The number of alkyl halides is 1. The maximum absolute atomic E-state index is 11.9. The fraction of sp³-hybridized carbons (Fsp3) is 1.00. The summed E-state index contributed by atoms with van der Waals surface area (Å²) in [5.74, 6) is 1.05. The van der Waals surface area contributed by atoms with Crippen LogP contribution in [0.1, 0.15) is 26.7 Å². The quantitative estimate of drug-likeness (QED) is 0.465. The first-order valence-corrected chi connectivity index (χ1v) is 8.45. The number of hydrogen-bond acceptors (Lipinski definition) is 4. The van der Waals surface area contributed by atoms with Crippen LogP contribution in [-0.4, -0.2) is 24.8 Å². The van der Waals surface area contributed by atoms with E-state index in [-0.39, 0.29) is 0 Å². The number of halogens is 1. The Morgan fingerprint density at radius 1 is 1.21 bits per heavy atom. The predicted octanol–water partition coefficient (Wildman–Crippen LogP) is 3.92. The summed E-state index contributed by atoms with van der Waals surface area (Å²) >= 11 is 6.71. The van der Waals surface area contributed by atoms with Crippen molar-refractivity contribution in [3.05, 3.63) is 0 Å². The van der Waals surface area contributed by atoms with Crippen molar-refractivity contribution in [2.24, 2.45) is 0 Å². The molecule has 14 heavy (non-hydrogen) atoms. The topological polar surface area (TPSA) is 35.5 Å². The van der Waals surface area contributed by atoms with Gasteiger partial charge < -0.3 is 9.05 Å². The molecule has 0 heterocycles. The second kappa shape index (κ2) is 9.05. The Hall–Kier alpha value is 0.790. The van der Waals surface area contributed by atoms with Gasteiger partial charge >= 0.3 is 6.80 Å². The normalized spacial score (nSPS) is 11.9. The van der Waals surface area contributed by atoms with E-state index in [0.717, 1.165) is 12.8 Å². The molecule has 0 rings (SSSR count). The third-order valence-electron chi connectivity index (χ3n) is 1.23. The van der Waals surface area contributed by atoms with E-state index in [1.807, 2.05) is 13.8 Å². The van der Waals surface area contributed by atoms with E-state index in [9.17, 15) is 4.57 Å². The summed E-state index contributed by atoms with van der Waals surface area (Å²) in [5.41, 5.74) is 0. The molecule has 0 aromatic rings. The molecule has 86 valence electrons. The minimum absolute atomic E-state index is 0.458. The minimum atomic E-state index is -2.94. The van der Waals surface area contributed by atoms with Gasteiger partial charge in [-0.25, -0.2) is 4.57 Å². The van der Waals surface area contributed by atoms with Gasteiger partial charge in [0, 0.05) is 11.6 Å². The molecular weight excluding hydrogens is 243 g/mol. The van der Waals surface area contributed by atoms with E-state index in [4.69, 9.17) is 20.6 Å². The Kier molecular flexibility index (Phi) is 9.56. The second-order valence-corrected chi connectivity index (χ2v) is 7.21. The summed E-state index contributed by atoms with van der Waals surface area (Å²) in [5, 5.41) is 0. The molecule has 0 aromatic heterocycles. The van der Waals surface area contributed by atoms with Gasteiger partial charge in [-0.3, -0.25) is 0 Å². The maximum Gasteiger partial charge on any atom is 0.389 e. The van der Waals surface area contributed by atoms with Crippen LogP contribution in [0.3, 0.4) is 0 Å². The smallest absolute Gasteiger partial charge is 0.301 e. The summed E-state index contributed by atoms with van der Waals surface area (Å²) in [4.78, 5) is 0. The first kappa shape index (κ1) is 14.8. The van der Waals surface area contributed by atoms with Gasteiger partial charge in [0.2, 0.25) is 0 Å². The molecule has 6 heteroatoms. The van der Waals surface area contributed by atoms with Crippen LogP contribution in [0.2, 0.25) is 0 Å². The summed E-state index contributed by atoms with van der Waals surface area (Å²) in [6.45, 7) is 1.94. The van der Waals surface area contributed by atoms with Crippen LogP contribution >= 0.6 is 29.8 Å². The van der Waals surface area contributed by atoms with Gasteiger partial charge in [0.15, 0.2) is 0 Å². The van der Waals surface area contributed by atoms with Crippen LogP contribution in [0.5, 0.6) is 0 Å². The molecule has 0 aliphatic rings. The highest BCUT2D eigenvalue weighted by atomic mass is 35.5. The summed E-state index contributed by atoms with van der Waals surface area (Å²) in [7, 11) is 0. The third-order valence-corrected chi connectivity index (χ3v) is 5.48. The average molecular weight is 261 g/mol. The van der Waals surface area contributed by atoms with Gasteiger partial charge in [-0.1, -0.05) is 13.8 Å². The van der Waals surface area contributed by atoms with Crippen molar-refractivity contribution in [2.75, 3.05) is 24.8 Å². The van der Waals surface area contributed by atoms with Gasteiger partial charge in [0.05, 0.1) is 13.2 Å². The lowest BCUT2D eigenvalue weighted by Crippen LogP contribution is -1.96. The van der Waals surface area contributed by atoms with E-state index in [1.165, 1.54) is 11.4 Å². The lowest BCUT2D eigenvalue weighted by atomic mass is 10.5. The van der Waals surface area contributed by atoms with Gasteiger partial charge in [-0.05, 0) is 24.2 Å². The molecule has 0 radical (unpaired) electrons. The van der Waals surface area contributed by atoms with Crippen LogP contribution in [0.15, 0.2) is 0 Å². The fourth-order valence-corrected chi connectivity index (χ4v) is 4.39. The van der Waals surface area contributed by atoms with Gasteiger partial charge in [-0.2, -0.15) is 0 Å². The van der Waals surface area contributed by atoms with Crippen molar-refractivity contribution in [3.8, 4) is 0 Å². The lowest BCUT2D eigenvalue weighted by molar-refractivity contribution is 0.220. The Bertz CT molecular complexity index is 151. The Balaban J connectivity index is 3.97. The Morgan fingerprint density at radius 3 is 2.07 bits per heavy atom. The lowest BCUT2D eigenvalue weighted by Gasteiger charge is -2.16. The van der Waals surface area contributed by atoms with E-state index in [1.54, 1.807) is 0 Å². The molecule has 0 saturated carbocycles. The number of rotatable bonds is 9. The van der Waals surface area contributed by atoms with Gasteiger partial charge in [-0.15, -0.1) is 11.6 Å². The highest BCUT2D eigenvalue weighted by Gasteiger charge is 2.24. The fourth-order valence-electron chi connectivity index (χ4n) is 0.664. The molecule has 0 aromatic carbocycles. The molecule has 0 fully saturated rings. The minimum Gasteiger partial charge on any atom is -0.301 e. The largest absolute Gasteiger partial charge is 0.389 e. The molecule has 3 nitrogen and oxygen atoms in total. The zero-order chi connectivity index (χ0) is 10.9.